The number of ether oxygens (including phenoxy) is 2. The molecular weight excluding hydrogens is 376 g/mol. The van der Waals surface area contributed by atoms with E-state index in [4.69, 9.17) is 21.7 Å². The Morgan fingerprint density at radius 3 is 2.39 bits per heavy atom. The van der Waals surface area contributed by atoms with Gasteiger partial charge in [0.15, 0.2) is 5.11 Å². The number of aryl methyl sites for hydroxylation is 1. The molecule has 0 aliphatic heterocycles. The number of rotatable bonds is 9. The van der Waals surface area contributed by atoms with Crippen LogP contribution in [-0.2, 0) is 20.7 Å². The molecule has 0 fully saturated rings. The highest BCUT2D eigenvalue weighted by Crippen LogP contribution is 2.14. The lowest BCUT2D eigenvalue weighted by Gasteiger charge is -2.10. The highest BCUT2D eigenvalue weighted by atomic mass is 32.1. The van der Waals surface area contributed by atoms with Gasteiger partial charge in [0.05, 0.1) is 20.1 Å². The van der Waals surface area contributed by atoms with Crippen molar-refractivity contribution in [3.05, 3.63) is 60.2 Å². The monoisotopic (exact) mass is 400 g/mol. The Labute approximate surface area is 170 Å². The number of esters is 1. The van der Waals surface area contributed by atoms with Gasteiger partial charge in [-0.1, -0.05) is 30.3 Å². The SMILES string of the molecule is COc1ccc(NC(=S)NC(=O)CCC(=O)OCCCc2ccccc2)cc1. The molecule has 28 heavy (non-hydrogen) atoms. The van der Waals surface area contributed by atoms with Crippen molar-refractivity contribution in [2.75, 3.05) is 19.0 Å². The Bertz CT molecular complexity index is 779. The molecule has 148 valence electrons. The van der Waals surface area contributed by atoms with E-state index in [0.29, 0.717) is 6.61 Å². The normalized spacial score (nSPS) is 10.0. The third kappa shape index (κ3) is 8.18. The standard InChI is InChI=1S/C21H24N2O4S/c1-26-18-11-9-17(10-12-18)22-21(28)23-19(24)13-14-20(25)27-15-5-8-16-6-3-2-4-7-16/h2-4,6-7,9-12H,5,8,13-15H2,1H3,(H2,22,23,24,28). The maximum atomic E-state index is 11.9. The topological polar surface area (TPSA) is 76.7 Å². The molecule has 7 heteroatoms. The molecule has 2 aromatic carbocycles. The highest BCUT2D eigenvalue weighted by molar-refractivity contribution is 7.80. The molecule has 0 aromatic heterocycles. The first-order valence-electron chi connectivity index (χ1n) is 9.01. The third-order valence-corrected chi connectivity index (χ3v) is 4.08. The van der Waals surface area contributed by atoms with Crippen LogP contribution >= 0.6 is 12.2 Å². The van der Waals surface area contributed by atoms with Gasteiger partial charge in [0.2, 0.25) is 5.91 Å². The second-order valence-corrected chi connectivity index (χ2v) is 6.45. The number of nitrogens with one attached hydrogen (secondary N) is 2. The van der Waals surface area contributed by atoms with Gasteiger partial charge in [0, 0.05) is 12.1 Å². The van der Waals surface area contributed by atoms with Crippen molar-refractivity contribution in [2.45, 2.75) is 25.7 Å². The minimum Gasteiger partial charge on any atom is -0.497 e. The Balaban J connectivity index is 1.58. The summed E-state index contributed by atoms with van der Waals surface area (Å²) in [5.74, 6) is -0.00715. The predicted octanol–water partition coefficient (Wildman–Crippen LogP) is 3.46. The van der Waals surface area contributed by atoms with E-state index in [0.717, 1.165) is 24.3 Å². The number of carbonyl (C=O) groups is 2. The quantitative estimate of drug-likeness (QED) is 0.381. The van der Waals surface area contributed by atoms with Gasteiger partial charge >= 0.3 is 5.97 Å². The lowest BCUT2D eigenvalue weighted by molar-refractivity contribution is -0.145. The number of hydrogen-bond acceptors (Lipinski definition) is 5. The van der Waals surface area contributed by atoms with E-state index in [2.05, 4.69) is 10.6 Å². The van der Waals surface area contributed by atoms with Gasteiger partial charge in [-0.3, -0.25) is 9.59 Å². The molecule has 0 heterocycles. The number of thiocarbonyl (C=S) groups is 1. The lowest BCUT2D eigenvalue weighted by atomic mass is 10.1. The Morgan fingerprint density at radius 2 is 1.71 bits per heavy atom. The van der Waals surface area contributed by atoms with E-state index in [1.54, 1.807) is 31.4 Å². The smallest absolute Gasteiger partial charge is 0.306 e. The summed E-state index contributed by atoms with van der Waals surface area (Å²) in [4.78, 5) is 23.6. The molecule has 0 radical (unpaired) electrons. The fourth-order valence-electron chi connectivity index (χ4n) is 2.42. The van der Waals surface area contributed by atoms with E-state index in [-0.39, 0.29) is 23.9 Å². The van der Waals surface area contributed by atoms with E-state index in [1.807, 2.05) is 30.3 Å². The molecule has 0 spiro atoms. The fraction of sp³-hybridized carbons (Fsp3) is 0.286. The summed E-state index contributed by atoms with van der Waals surface area (Å²) in [7, 11) is 1.58. The van der Waals surface area contributed by atoms with Crippen molar-refractivity contribution in [1.82, 2.24) is 5.32 Å². The first-order chi connectivity index (χ1) is 13.6. The van der Waals surface area contributed by atoms with Crippen LogP contribution < -0.4 is 15.4 Å². The van der Waals surface area contributed by atoms with Crippen molar-refractivity contribution >= 4 is 34.9 Å². The van der Waals surface area contributed by atoms with Crippen molar-refractivity contribution in [2.24, 2.45) is 0 Å². The minimum atomic E-state index is -0.391. The summed E-state index contributed by atoms with van der Waals surface area (Å²) in [6, 6.07) is 17.1. The van der Waals surface area contributed by atoms with Gasteiger partial charge in [0.1, 0.15) is 5.75 Å². The van der Waals surface area contributed by atoms with Crippen LogP contribution in [0.15, 0.2) is 54.6 Å². The first-order valence-corrected chi connectivity index (χ1v) is 9.42. The zero-order valence-corrected chi connectivity index (χ0v) is 16.6. The van der Waals surface area contributed by atoms with Crippen LogP contribution in [0.2, 0.25) is 0 Å². The van der Waals surface area contributed by atoms with Crippen LogP contribution in [0.4, 0.5) is 5.69 Å². The van der Waals surface area contributed by atoms with Crippen LogP contribution in [-0.4, -0.2) is 30.7 Å². The molecule has 0 saturated heterocycles. The van der Waals surface area contributed by atoms with Crippen molar-refractivity contribution in [3.8, 4) is 5.75 Å². The number of carbonyl (C=O) groups excluding carboxylic acids is 2. The fourth-order valence-corrected chi connectivity index (χ4v) is 2.65. The largest absolute Gasteiger partial charge is 0.497 e. The zero-order valence-electron chi connectivity index (χ0n) is 15.8. The van der Waals surface area contributed by atoms with Gasteiger partial charge < -0.3 is 20.1 Å². The molecule has 0 aliphatic carbocycles. The number of anilines is 1. The van der Waals surface area contributed by atoms with Crippen molar-refractivity contribution in [1.29, 1.82) is 0 Å². The molecule has 2 aromatic rings. The van der Waals surface area contributed by atoms with E-state index in [9.17, 15) is 9.59 Å². The second-order valence-electron chi connectivity index (χ2n) is 6.04. The summed E-state index contributed by atoms with van der Waals surface area (Å²) in [5, 5.41) is 5.61. The van der Waals surface area contributed by atoms with Gasteiger partial charge in [-0.2, -0.15) is 0 Å². The molecule has 0 bridgehead atoms. The molecular formula is C21H24N2O4S. The number of methoxy groups -OCH3 is 1. The third-order valence-electron chi connectivity index (χ3n) is 3.87. The van der Waals surface area contributed by atoms with Crippen molar-refractivity contribution in [3.63, 3.8) is 0 Å². The summed E-state index contributed by atoms with van der Waals surface area (Å²) < 4.78 is 10.2. The second kappa shape index (κ2) is 11.7. The van der Waals surface area contributed by atoms with E-state index in [1.165, 1.54) is 5.56 Å². The van der Waals surface area contributed by atoms with Gasteiger partial charge in [-0.05, 0) is 54.9 Å². The summed E-state index contributed by atoms with van der Waals surface area (Å²) in [6.07, 6.45) is 1.63. The molecule has 2 N–H and O–H groups in total. The Kier molecular flexibility index (Phi) is 8.94. The van der Waals surface area contributed by atoms with Crippen LogP contribution in [0.5, 0.6) is 5.75 Å². The number of amides is 1. The lowest BCUT2D eigenvalue weighted by Crippen LogP contribution is -2.34. The predicted molar refractivity (Wildman–Crippen MR) is 112 cm³/mol. The van der Waals surface area contributed by atoms with E-state index < -0.39 is 5.97 Å². The van der Waals surface area contributed by atoms with Crippen LogP contribution in [0.25, 0.3) is 0 Å². The number of benzene rings is 2. The Morgan fingerprint density at radius 1 is 1.00 bits per heavy atom. The molecule has 0 atom stereocenters. The highest BCUT2D eigenvalue weighted by Gasteiger charge is 2.10. The maximum Gasteiger partial charge on any atom is 0.306 e. The first kappa shape index (κ1) is 21.4. The summed E-state index contributed by atoms with van der Waals surface area (Å²) in [6.45, 7) is 0.340. The molecule has 0 aliphatic rings. The number of hydrogen-bond donors (Lipinski definition) is 2. The molecule has 1 amide bonds. The molecule has 0 saturated carbocycles. The minimum absolute atomic E-state index is 0.0158. The summed E-state index contributed by atoms with van der Waals surface area (Å²) >= 11 is 5.10. The van der Waals surface area contributed by atoms with Gasteiger partial charge in [-0.25, -0.2) is 0 Å². The van der Waals surface area contributed by atoms with Gasteiger partial charge in [-0.15, -0.1) is 0 Å². The summed E-state index contributed by atoms with van der Waals surface area (Å²) in [5.41, 5.74) is 1.93. The zero-order chi connectivity index (χ0) is 20.2. The Hall–Kier alpha value is -2.93. The van der Waals surface area contributed by atoms with Gasteiger partial charge in [0.25, 0.3) is 0 Å². The average Bonchev–Trinajstić information content (AvgIpc) is 2.71. The molecule has 0 unspecified atom stereocenters. The van der Waals surface area contributed by atoms with Crippen molar-refractivity contribution < 1.29 is 19.1 Å². The van der Waals surface area contributed by atoms with Crippen LogP contribution in [0.3, 0.4) is 0 Å². The molecule has 6 nitrogen and oxygen atoms in total. The van der Waals surface area contributed by atoms with Crippen LogP contribution in [0.1, 0.15) is 24.8 Å². The van der Waals surface area contributed by atoms with E-state index >= 15 is 0 Å². The average molecular weight is 401 g/mol. The van der Waals surface area contributed by atoms with Crippen LogP contribution in [0, 0.1) is 0 Å². The maximum absolute atomic E-state index is 11.9. The molecule has 2 rings (SSSR count).